The Bertz CT molecular complexity index is 1340. The van der Waals surface area contributed by atoms with E-state index in [0.29, 0.717) is 25.8 Å². The van der Waals surface area contributed by atoms with E-state index in [1.165, 1.54) is 6.92 Å². The quantitative estimate of drug-likeness (QED) is 0.0393. The van der Waals surface area contributed by atoms with Crippen LogP contribution in [-0.2, 0) is 40.0 Å². The minimum atomic E-state index is -1.61. The number of nitrogens with one attached hydrogen (secondary N) is 7. The number of benzene rings is 1. The van der Waals surface area contributed by atoms with Gasteiger partial charge in [-0.2, -0.15) is 0 Å². The topological polar surface area (TPSA) is 337 Å². The third-order valence-corrected chi connectivity index (χ3v) is 7.87. The molecule has 0 aromatic heterocycles. The van der Waals surface area contributed by atoms with Gasteiger partial charge in [0.05, 0.1) is 32.5 Å². The van der Waals surface area contributed by atoms with Crippen LogP contribution in [0.2, 0.25) is 0 Å². The number of rotatable bonds is 26. The average molecular weight is 754 g/mol. The van der Waals surface area contributed by atoms with Crippen molar-refractivity contribution >= 4 is 41.4 Å². The molecule has 0 bridgehead atoms. The summed E-state index contributed by atoms with van der Waals surface area (Å²) in [6.45, 7) is 0.248. The Kier molecular flexibility index (Phi) is 22.1. The highest BCUT2D eigenvalue weighted by Gasteiger charge is 2.31. The molecule has 7 amide bonds. The molecule has 1 aromatic carbocycles. The minimum absolute atomic E-state index is 0.101. The minimum Gasteiger partial charge on any atom is -0.394 e. The molecule has 20 heteroatoms. The van der Waals surface area contributed by atoms with Crippen LogP contribution < -0.4 is 48.7 Å². The number of carbonyl (C=O) groups excluding carboxylic acids is 7. The Hall–Kier alpha value is -4.73. The SMILES string of the molecule is CCC(=O)NCCCCC(CNC(CO)C(=O)NC(Cc1ccccc1)C(N)=O)NC(=O)C(CO)NC(=O)C(NC(=O)CNC(=O)C(N)CO)C(C)O. The zero-order valence-electron chi connectivity index (χ0n) is 30.0. The Labute approximate surface area is 307 Å². The van der Waals surface area contributed by atoms with Crippen molar-refractivity contribution in [1.82, 2.24) is 37.2 Å². The van der Waals surface area contributed by atoms with E-state index in [1.807, 2.05) is 0 Å². The zero-order chi connectivity index (χ0) is 39.9. The second-order valence-electron chi connectivity index (χ2n) is 12.2. The molecule has 7 unspecified atom stereocenters. The fraction of sp³-hybridized carbons (Fsp3) is 0.606. The first-order valence-electron chi connectivity index (χ1n) is 17.2. The summed E-state index contributed by atoms with van der Waals surface area (Å²) in [6.07, 6.45) is 0.201. The number of amides is 7. The van der Waals surface area contributed by atoms with E-state index in [0.717, 1.165) is 5.56 Å². The first-order valence-corrected chi connectivity index (χ1v) is 17.2. The van der Waals surface area contributed by atoms with Crippen LogP contribution in [0, 0.1) is 0 Å². The summed E-state index contributed by atoms with van der Waals surface area (Å²) in [4.78, 5) is 87.1. The van der Waals surface area contributed by atoms with Crippen LogP contribution in [0.4, 0.5) is 0 Å². The molecule has 1 rings (SSSR count). The monoisotopic (exact) mass is 753 g/mol. The first kappa shape index (κ1) is 46.3. The van der Waals surface area contributed by atoms with Gasteiger partial charge in [-0.3, -0.25) is 33.6 Å². The molecule has 0 spiro atoms. The molecule has 0 aliphatic heterocycles. The second kappa shape index (κ2) is 25.3. The van der Waals surface area contributed by atoms with Crippen LogP contribution in [0.5, 0.6) is 0 Å². The Morgan fingerprint density at radius 1 is 0.736 bits per heavy atom. The molecule has 0 aliphatic carbocycles. The van der Waals surface area contributed by atoms with Crippen LogP contribution in [0.15, 0.2) is 30.3 Å². The van der Waals surface area contributed by atoms with Gasteiger partial charge >= 0.3 is 0 Å². The molecule has 0 radical (unpaired) electrons. The van der Waals surface area contributed by atoms with Gasteiger partial charge in [0, 0.05) is 32.0 Å². The van der Waals surface area contributed by atoms with Gasteiger partial charge in [0.2, 0.25) is 41.4 Å². The van der Waals surface area contributed by atoms with Crippen molar-refractivity contribution in [3.05, 3.63) is 35.9 Å². The predicted molar refractivity (Wildman–Crippen MR) is 190 cm³/mol. The normalized spacial score (nSPS) is 14.9. The standard InChI is InChI=1S/C33H55N9O11/c1-3-26(47)36-12-8-7-11-21(14-37-24(17-44)31(51)40-23(29(35)49)13-20-9-5-4-6-10-20)39-32(52)25(18-45)41-33(53)28(19(2)46)42-27(48)15-38-30(50)22(34)16-43/h4-6,9-10,19,21-25,28,37,43-46H,3,7-8,11-18,34H2,1-2H3,(H2,35,49)(H,36,47)(H,38,50)(H,39,52)(H,40,51)(H,41,53)(H,42,48). The Morgan fingerprint density at radius 3 is 1.92 bits per heavy atom. The maximum atomic E-state index is 13.3. The second-order valence-corrected chi connectivity index (χ2v) is 12.2. The molecule has 1 aromatic rings. The van der Waals surface area contributed by atoms with Gasteiger partial charge in [-0.15, -0.1) is 0 Å². The smallest absolute Gasteiger partial charge is 0.245 e. The highest BCUT2D eigenvalue weighted by atomic mass is 16.3. The van der Waals surface area contributed by atoms with Gasteiger partial charge in [-0.25, -0.2) is 0 Å². The third kappa shape index (κ3) is 18.0. The Balaban J connectivity index is 2.98. The molecule has 53 heavy (non-hydrogen) atoms. The highest BCUT2D eigenvalue weighted by Crippen LogP contribution is 2.05. The van der Waals surface area contributed by atoms with E-state index in [4.69, 9.17) is 16.6 Å². The van der Waals surface area contributed by atoms with Crippen molar-refractivity contribution in [2.24, 2.45) is 11.5 Å². The van der Waals surface area contributed by atoms with Crippen molar-refractivity contribution in [3.63, 3.8) is 0 Å². The number of hydrogen-bond donors (Lipinski definition) is 13. The first-order chi connectivity index (χ1) is 25.2. The third-order valence-electron chi connectivity index (χ3n) is 7.87. The van der Waals surface area contributed by atoms with Crippen molar-refractivity contribution in [2.45, 2.75) is 88.3 Å². The molecule has 7 atom stereocenters. The summed E-state index contributed by atoms with van der Waals surface area (Å²) >= 11 is 0. The van der Waals surface area contributed by atoms with Gasteiger partial charge in [0.25, 0.3) is 0 Å². The molecule has 298 valence electrons. The summed E-state index contributed by atoms with van der Waals surface area (Å²) < 4.78 is 0. The summed E-state index contributed by atoms with van der Waals surface area (Å²) in [6, 6.07) is 1.29. The molecule has 0 saturated carbocycles. The predicted octanol–water partition coefficient (Wildman–Crippen LogP) is -5.89. The lowest BCUT2D eigenvalue weighted by atomic mass is 10.0. The number of primary amides is 1. The fourth-order valence-corrected chi connectivity index (χ4v) is 4.73. The summed E-state index contributed by atoms with van der Waals surface area (Å²) in [5.41, 5.74) is 11.6. The molecule has 0 aliphatic rings. The van der Waals surface area contributed by atoms with E-state index in [2.05, 4.69) is 37.2 Å². The molecular weight excluding hydrogens is 698 g/mol. The van der Waals surface area contributed by atoms with E-state index in [9.17, 15) is 48.9 Å². The molecule has 15 N–H and O–H groups in total. The highest BCUT2D eigenvalue weighted by molar-refractivity contribution is 5.94. The van der Waals surface area contributed by atoms with Gasteiger partial charge in [-0.05, 0) is 31.7 Å². The summed E-state index contributed by atoms with van der Waals surface area (Å²) in [5, 5.41) is 56.5. The van der Waals surface area contributed by atoms with E-state index in [-0.39, 0.29) is 25.3 Å². The number of aliphatic hydroxyl groups excluding tert-OH is 4. The lowest BCUT2D eigenvalue weighted by molar-refractivity contribution is -0.135. The molecular formula is C33H55N9O11. The van der Waals surface area contributed by atoms with Gasteiger partial charge in [0.15, 0.2) is 0 Å². The molecule has 20 nitrogen and oxygen atoms in total. The maximum absolute atomic E-state index is 13.3. The van der Waals surface area contributed by atoms with Crippen molar-refractivity contribution in [1.29, 1.82) is 0 Å². The fourth-order valence-electron chi connectivity index (χ4n) is 4.73. The van der Waals surface area contributed by atoms with Crippen LogP contribution in [0.1, 0.15) is 45.1 Å². The van der Waals surface area contributed by atoms with Crippen LogP contribution in [0.25, 0.3) is 0 Å². The van der Waals surface area contributed by atoms with Gasteiger partial charge < -0.3 is 69.1 Å². The number of aliphatic hydroxyl groups is 4. The van der Waals surface area contributed by atoms with E-state index >= 15 is 0 Å². The van der Waals surface area contributed by atoms with Crippen molar-refractivity contribution < 1.29 is 54.0 Å². The average Bonchev–Trinajstić information content (AvgIpc) is 3.13. The van der Waals surface area contributed by atoms with Crippen molar-refractivity contribution in [3.8, 4) is 0 Å². The molecule has 0 saturated heterocycles. The maximum Gasteiger partial charge on any atom is 0.245 e. The lowest BCUT2D eigenvalue weighted by Gasteiger charge is -2.27. The molecule has 0 fully saturated rings. The largest absolute Gasteiger partial charge is 0.394 e. The van der Waals surface area contributed by atoms with Gasteiger partial charge in [0.1, 0.15) is 30.2 Å². The molecule has 0 heterocycles. The number of nitrogens with two attached hydrogens (primary N) is 2. The summed E-state index contributed by atoms with van der Waals surface area (Å²) in [7, 11) is 0. The van der Waals surface area contributed by atoms with E-state index < -0.39 is 104 Å². The number of carbonyl (C=O) groups is 7. The van der Waals surface area contributed by atoms with E-state index in [1.54, 1.807) is 37.3 Å². The summed E-state index contributed by atoms with van der Waals surface area (Å²) in [5.74, 6) is -5.31. The van der Waals surface area contributed by atoms with Crippen LogP contribution in [-0.4, -0.2) is 144 Å². The lowest BCUT2D eigenvalue weighted by Crippen LogP contribution is -2.60. The van der Waals surface area contributed by atoms with Crippen LogP contribution in [0.3, 0.4) is 0 Å². The van der Waals surface area contributed by atoms with Crippen molar-refractivity contribution in [2.75, 3.05) is 39.5 Å². The number of unbranched alkanes of at least 4 members (excludes halogenated alkanes) is 1. The number of hydrogen-bond acceptors (Lipinski definition) is 13. The Morgan fingerprint density at radius 2 is 1.36 bits per heavy atom. The van der Waals surface area contributed by atoms with Gasteiger partial charge in [-0.1, -0.05) is 37.3 Å². The zero-order valence-corrected chi connectivity index (χ0v) is 30.0. The van der Waals surface area contributed by atoms with Crippen LogP contribution >= 0.6 is 0 Å².